The van der Waals surface area contributed by atoms with Gasteiger partial charge in [-0.05, 0) is 6.72 Å². The number of hydrogen-bond donors (Lipinski definition) is 0. The van der Waals surface area contributed by atoms with Gasteiger partial charge in [-0.15, -0.1) is 0 Å². The molecule has 0 aliphatic rings. The van der Waals surface area contributed by atoms with Crippen molar-refractivity contribution in [3.8, 4) is 0 Å². The lowest BCUT2D eigenvalue weighted by Gasteiger charge is -1.79. The van der Waals surface area contributed by atoms with Crippen molar-refractivity contribution in [3.63, 3.8) is 0 Å². The lowest BCUT2D eigenvalue weighted by molar-refractivity contribution is 0.210. The van der Waals surface area contributed by atoms with E-state index in [0.29, 0.717) is 6.73 Å². The van der Waals surface area contributed by atoms with Crippen LogP contribution in [0.1, 0.15) is 0 Å². The molecule has 0 aliphatic carbocycles. The minimum atomic E-state index is 0.403. The van der Waals surface area contributed by atoms with Gasteiger partial charge in [-0.2, -0.15) is 0 Å². The number of nitrogens with zero attached hydrogens (tertiary/aromatic N) is 1. The molecule has 2 heteroatoms. The SMILES string of the molecule is C=NCOC. The smallest absolute Gasteiger partial charge is 0.136 e. The Kier molecular flexibility index (Phi) is 3.36. The van der Waals surface area contributed by atoms with E-state index in [0.717, 1.165) is 0 Å². The molecule has 0 atom stereocenters. The molecule has 30 valence electrons. The van der Waals surface area contributed by atoms with E-state index < -0.39 is 0 Å². The van der Waals surface area contributed by atoms with Gasteiger partial charge < -0.3 is 4.74 Å². The van der Waals surface area contributed by atoms with Crippen LogP contribution in [-0.2, 0) is 4.74 Å². The minimum absolute atomic E-state index is 0.403. The first kappa shape index (κ1) is 4.63. The van der Waals surface area contributed by atoms with Crippen molar-refractivity contribution in [2.24, 2.45) is 4.99 Å². The molecule has 0 fully saturated rings. The standard InChI is InChI=1S/C3H7NO/c1-4-3-5-2/h1,3H2,2H3. The zero-order valence-electron chi connectivity index (χ0n) is 3.27. The maximum absolute atomic E-state index is 4.46. The maximum atomic E-state index is 4.46. The first-order valence-electron chi connectivity index (χ1n) is 1.33. The highest BCUT2D eigenvalue weighted by atomic mass is 16.5. The molecule has 0 saturated heterocycles. The Balaban J connectivity index is 2.40. The highest BCUT2D eigenvalue weighted by Gasteiger charge is 1.57. The predicted octanol–water partition coefficient (Wildman–Crippen LogP) is 0.291. The second-order valence-electron chi connectivity index (χ2n) is 0.641. The molecule has 5 heavy (non-hydrogen) atoms. The average molecular weight is 73.1 g/mol. The van der Waals surface area contributed by atoms with Crippen LogP contribution in [0, 0.1) is 0 Å². The molecule has 0 bridgehead atoms. The van der Waals surface area contributed by atoms with E-state index in [9.17, 15) is 0 Å². The van der Waals surface area contributed by atoms with E-state index in [-0.39, 0.29) is 0 Å². The summed E-state index contributed by atoms with van der Waals surface area (Å²) in [6.45, 7) is 3.58. The zero-order chi connectivity index (χ0) is 4.12. The Bertz CT molecular complexity index is 28.1. The molecule has 0 amide bonds. The summed E-state index contributed by atoms with van der Waals surface area (Å²) in [5.41, 5.74) is 0. The molecule has 0 spiro atoms. The van der Waals surface area contributed by atoms with Gasteiger partial charge in [0.25, 0.3) is 0 Å². The second kappa shape index (κ2) is 3.63. The van der Waals surface area contributed by atoms with Crippen LogP contribution in [0.4, 0.5) is 0 Å². The van der Waals surface area contributed by atoms with E-state index in [2.05, 4.69) is 16.4 Å². The first-order chi connectivity index (χ1) is 2.41. The van der Waals surface area contributed by atoms with Crippen molar-refractivity contribution in [3.05, 3.63) is 0 Å². The fourth-order valence-corrected chi connectivity index (χ4v) is 0.0913. The van der Waals surface area contributed by atoms with Crippen LogP contribution in [0.2, 0.25) is 0 Å². The molecule has 0 aliphatic heterocycles. The van der Waals surface area contributed by atoms with Gasteiger partial charge in [0.15, 0.2) is 0 Å². The summed E-state index contributed by atoms with van der Waals surface area (Å²) < 4.78 is 4.46. The van der Waals surface area contributed by atoms with Gasteiger partial charge >= 0.3 is 0 Å². The largest absolute Gasteiger partial charge is 0.363 e. The van der Waals surface area contributed by atoms with Gasteiger partial charge in [0.05, 0.1) is 0 Å². The van der Waals surface area contributed by atoms with E-state index in [1.54, 1.807) is 7.11 Å². The summed E-state index contributed by atoms with van der Waals surface area (Å²) >= 11 is 0. The van der Waals surface area contributed by atoms with Crippen LogP contribution >= 0.6 is 0 Å². The number of methoxy groups -OCH3 is 1. The monoisotopic (exact) mass is 73.1 g/mol. The molecular formula is C3H7NO. The average Bonchev–Trinajstić information content (AvgIpc) is 1.41. The molecule has 0 unspecified atom stereocenters. The third-order valence-electron chi connectivity index (χ3n) is 0.220. The van der Waals surface area contributed by atoms with Gasteiger partial charge in [0, 0.05) is 7.11 Å². The second-order valence-corrected chi connectivity index (χ2v) is 0.641. The van der Waals surface area contributed by atoms with Gasteiger partial charge in [-0.3, -0.25) is 4.99 Å². The predicted molar refractivity (Wildman–Crippen MR) is 21.4 cm³/mol. The van der Waals surface area contributed by atoms with Crippen molar-refractivity contribution in [2.75, 3.05) is 13.8 Å². The van der Waals surface area contributed by atoms with Crippen molar-refractivity contribution >= 4 is 6.72 Å². The zero-order valence-corrected chi connectivity index (χ0v) is 3.27. The van der Waals surface area contributed by atoms with Gasteiger partial charge in [-0.1, -0.05) is 0 Å². The molecule has 2 nitrogen and oxygen atoms in total. The highest BCUT2D eigenvalue weighted by Crippen LogP contribution is 1.59. The Morgan fingerprint density at radius 1 is 2.00 bits per heavy atom. The molecule has 0 aromatic rings. The molecule has 0 N–H and O–H groups in total. The Hall–Kier alpha value is -0.370. The Morgan fingerprint density at radius 3 is 2.60 bits per heavy atom. The summed E-state index contributed by atoms with van der Waals surface area (Å²) in [5.74, 6) is 0. The summed E-state index contributed by atoms with van der Waals surface area (Å²) in [6.07, 6.45) is 0. The Labute approximate surface area is 31.5 Å². The van der Waals surface area contributed by atoms with E-state index in [1.165, 1.54) is 0 Å². The first-order valence-corrected chi connectivity index (χ1v) is 1.33. The number of ether oxygens (including phenoxy) is 1. The lowest BCUT2D eigenvalue weighted by Crippen LogP contribution is -1.77. The van der Waals surface area contributed by atoms with Gasteiger partial charge in [-0.25, -0.2) is 0 Å². The van der Waals surface area contributed by atoms with Crippen LogP contribution < -0.4 is 0 Å². The number of rotatable bonds is 2. The van der Waals surface area contributed by atoms with Crippen molar-refractivity contribution in [1.29, 1.82) is 0 Å². The maximum Gasteiger partial charge on any atom is 0.136 e. The van der Waals surface area contributed by atoms with Crippen molar-refractivity contribution < 1.29 is 4.74 Å². The molecule has 0 heterocycles. The lowest BCUT2D eigenvalue weighted by atomic mass is 11.2. The molecule has 0 aromatic carbocycles. The molecular weight excluding hydrogens is 66.0 g/mol. The molecule has 0 aromatic heterocycles. The fraction of sp³-hybridized carbons (Fsp3) is 0.667. The molecule has 0 rings (SSSR count). The molecule has 0 radical (unpaired) electrons. The third kappa shape index (κ3) is 3.63. The number of aliphatic imine (C=N–C) groups is 1. The summed E-state index contributed by atoms with van der Waals surface area (Å²) in [4.78, 5) is 3.38. The van der Waals surface area contributed by atoms with Crippen LogP contribution in [0.25, 0.3) is 0 Å². The van der Waals surface area contributed by atoms with Gasteiger partial charge in [0.1, 0.15) is 6.73 Å². The highest BCUT2D eigenvalue weighted by molar-refractivity contribution is 5.22. The van der Waals surface area contributed by atoms with E-state index >= 15 is 0 Å². The van der Waals surface area contributed by atoms with Crippen LogP contribution in [0.15, 0.2) is 4.99 Å². The third-order valence-corrected chi connectivity index (χ3v) is 0.220. The fourth-order valence-electron chi connectivity index (χ4n) is 0.0913. The quantitative estimate of drug-likeness (QED) is 0.430. The van der Waals surface area contributed by atoms with Crippen molar-refractivity contribution in [2.45, 2.75) is 0 Å². The summed E-state index contributed by atoms with van der Waals surface area (Å²) in [7, 11) is 1.58. The van der Waals surface area contributed by atoms with Crippen LogP contribution in [0.3, 0.4) is 0 Å². The minimum Gasteiger partial charge on any atom is -0.363 e. The van der Waals surface area contributed by atoms with Crippen LogP contribution in [0.5, 0.6) is 0 Å². The summed E-state index contributed by atoms with van der Waals surface area (Å²) in [6, 6.07) is 0. The topological polar surface area (TPSA) is 21.6 Å². The van der Waals surface area contributed by atoms with Crippen molar-refractivity contribution in [1.82, 2.24) is 0 Å². The molecule has 0 saturated carbocycles. The number of hydrogen-bond acceptors (Lipinski definition) is 2. The Morgan fingerprint density at radius 2 is 2.60 bits per heavy atom. The normalized spacial score (nSPS) is 7.40. The van der Waals surface area contributed by atoms with Crippen LogP contribution in [-0.4, -0.2) is 20.6 Å². The van der Waals surface area contributed by atoms with E-state index in [4.69, 9.17) is 0 Å². The van der Waals surface area contributed by atoms with E-state index in [1.807, 2.05) is 0 Å². The van der Waals surface area contributed by atoms with Gasteiger partial charge in [0.2, 0.25) is 0 Å². The summed E-state index contributed by atoms with van der Waals surface area (Å²) in [5, 5.41) is 0.